The number of rotatable bonds is 3. The summed E-state index contributed by atoms with van der Waals surface area (Å²) >= 11 is 7.45. The van der Waals surface area contributed by atoms with Crippen molar-refractivity contribution < 1.29 is 0 Å². The summed E-state index contributed by atoms with van der Waals surface area (Å²) in [6.07, 6.45) is 3.69. The highest BCUT2D eigenvalue weighted by Gasteiger charge is 2.20. The van der Waals surface area contributed by atoms with Crippen LogP contribution < -0.4 is 0 Å². The first-order valence-electron chi connectivity index (χ1n) is 5.89. The van der Waals surface area contributed by atoms with Crippen LogP contribution in [0, 0.1) is 6.92 Å². The predicted molar refractivity (Wildman–Crippen MR) is 83.2 cm³/mol. The van der Waals surface area contributed by atoms with E-state index in [1.807, 2.05) is 12.4 Å². The summed E-state index contributed by atoms with van der Waals surface area (Å²) in [6.45, 7) is 4.34. The van der Waals surface area contributed by atoms with E-state index in [1.54, 1.807) is 0 Å². The second-order valence-corrected chi connectivity index (χ2v) is 6.34. The first-order valence-corrected chi connectivity index (χ1v) is 7.60. The van der Waals surface area contributed by atoms with Gasteiger partial charge in [-0.15, -0.1) is 0 Å². The molecule has 0 aliphatic rings. The van der Waals surface area contributed by atoms with E-state index >= 15 is 0 Å². The van der Waals surface area contributed by atoms with E-state index in [4.69, 9.17) is 0 Å². The van der Waals surface area contributed by atoms with Crippen LogP contribution in [0.4, 0.5) is 0 Å². The molecule has 0 spiro atoms. The van der Waals surface area contributed by atoms with Crippen molar-refractivity contribution in [2.24, 2.45) is 0 Å². The van der Waals surface area contributed by atoms with E-state index in [1.165, 1.54) is 16.7 Å². The van der Waals surface area contributed by atoms with E-state index in [-0.39, 0.29) is 4.83 Å². The fourth-order valence-electron chi connectivity index (χ4n) is 1.98. The number of aryl methyl sites for hydroxylation is 1. The van der Waals surface area contributed by atoms with Gasteiger partial charge in [0, 0.05) is 21.7 Å². The highest BCUT2D eigenvalue weighted by Crippen LogP contribution is 2.40. The summed E-state index contributed by atoms with van der Waals surface area (Å²) in [5.41, 5.74) is 3.86. The Morgan fingerprint density at radius 3 is 2.44 bits per heavy atom. The SMILES string of the molecule is Cc1ccc(Br)c(C(Br)C(C)c2ccncc2)c1. The van der Waals surface area contributed by atoms with E-state index in [9.17, 15) is 0 Å². The molecule has 18 heavy (non-hydrogen) atoms. The van der Waals surface area contributed by atoms with Crippen molar-refractivity contribution in [1.29, 1.82) is 0 Å². The Hall–Kier alpha value is -0.670. The number of halogens is 2. The summed E-state index contributed by atoms with van der Waals surface area (Å²) in [6, 6.07) is 10.6. The highest BCUT2D eigenvalue weighted by molar-refractivity contribution is 9.11. The Balaban J connectivity index is 2.31. The second kappa shape index (κ2) is 5.98. The molecule has 0 bridgehead atoms. The maximum atomic E-state index is 4.07. The van der Waals surface area contributed by atoms with Crippen LogP contribution >= 0.6 is 31.9 Å². The van der Waals surface area contributed by atoms with E-state index in [0.29, 0.717) is 5.92 Å². The summed E-state index contributed by atoms with van der Waals surface area (Å²) in [4.78, 5) is 4.35. The lowest BCUT2D eigenvalue weighted by molar-refractivity contribution is 0.747. The molecule has 2 atom stereocenters. The van der Waals surface area contributed by atoms with E-state index in [0.717, 1.165) is 4.47 Å². The Kier molecular flexibility index (Phi) is 4.57. The van der Waals surface area contributed by atoms with Gasteiger partial charge < -0.3 is 0 Å². The van der Waals surface area contributed by atoms with Crippen LogP contribution in [0.25, 0.3) is 0 Å². The van der Waals surface area contributed by atoms with Gasteiger partial charge in [-0.25, -0.2) is 0 Å². The molecule has 1 heterocycles. The molecule has 0 amide bonds. The van der Waals surface area contributed by atoms with Crippen LogP contribution in [-0.2, 0) is 0 Å². The van der Waals surface area contributed by atoms with E-state index in [2.05, 4.69) is 81.0 Å². The van der Waals surface area contributed by atoms with Crippen LogP contribution in [0.5, 0.6) is 0 Å². The van der Waals surface area contributed by atoms with Crippen molar-refractivity contribution in [3.05, 3.63) is 63.9 Å². The molecule has 94 valence electrons. The monoisotopic (exact) mass is 367 g/mol. The number of hydrogen-bond acceptors (Lipinski definition) is 1. The predicted octanol–water partition coefficient (Wildman–Crippen LogP) is 5.39. The maximum Gasteiger partial charge on any atom is 0.0472 e. The molecule has 3 heteroatoms. The first kappa shape index (κ1) is 13.8. The number of aromatic nitrogens is 1. The molecular formula is C15H15Br2N. The van der Waals surface area contributed by atoms with Crippen molar-refractivity contribution in [3.63, 3.8) is 0 Å². The van der Waals surface area contributed by atoms with Crippen molar-refractivity contribution in [3.8, 4) is 0 Å². The second-order valence-electron chi connectivity index (χ2n) is 4.50. The Morgan fingerprint density at radius 1 is 1.11 bits per heavy atom. The minimum Gasteiger partial charge on any atom is -0.265 e. The largest absolute Gasteiger partial charge is 0.265 e. The molecule has 2 unspecified atom stereocenters. The average Bonchev–Trinajstić information content (AvgIpc) is 2.41. The minimum atomic E-state index is 0.286. The van der Waals surface area contributed by atoms with Crippen LogP contribution in [0.1, 0.15) is 34.4 Å². The quantitative estimate of drug-likeness (QED) is 0.661. The van der Waals surface area contributed by atoms with Crippen molar-refractivity contribution in [2.45, 2.75) is 24.6 Å². The topological polar surface area (TPSA) is 12.9 Å². The van der Waals surface area contributed by atoms with Gasteiger partial charge in [0.25, 0.3) is 0 Å². The number of hydrogen-bond donors (Lipinski definition) is 0. The summed E-state index contributed by atoms with van der Waals surface area (Å²) < 4.78 is 1.15. The molecule has 2 rings (SSSR count). The third kappa shape index (κ3) is 3.01. The number of pyridine rings is 1. The fourth-order valence-corrected chi connectivity index (χ4v) is 3.46. The van der Waals surface area contributed by atoms with Gasteiger partial charge in [0.15, 0.2) is 0 Å². The van der Waals surface area contributed by atoms with Crippen LogP contribution in [-0.4, -0.2) is 4.98 Å². The molecule has 1 nitrogen and oxygen atoms in total. The van der Waals surface area contributed by atoms with Crippen molar-refractivity contribution in [2.75, 3.05) is 0 Å². The van der Waals surface area contributed by atoms with Crippen molar-refractivity contribution in [1.82, 2.24) is 4.98 Å². The summed E-state index contributed by atoms with van der Waals surface area (Å²) in [5.74, 6) is 0.395. The van der Waals surface area contributed by atoms with Gasteiger partial charge in [0.05, 0.1) is 0 Å². The number of nitrogens with zero attached hydrogens (tertiary/aromatic N) is 1. The number of alkyl halides is 1. The summed E-state index contributed by atoms with van der Waals surface area (Å²) in [5, 5.41) is 0. The molecule has 0 aliphatic carbocycles. The lowest BCUT2D eigenvalue weighted by Crippen LogP contribution is -2.03. The first-order chi connectivity index (χ1) is 8.59. The van der Waals surface area contributed by atoms with Crippen LogP contribution in [0.3, 0.4) is 0 Å². The zero-order valence-electron chi connectivity index (χ0n) is 10.4. The molecule has 0 N–H and O–H groups in total. The average molecular weight is 369 g/mol. The Labute approximate surface area is 125 Å². The number of benzene rings is 1. The maximum absolute atomic E-state index is 4.07. The molecule has 0 saturated heterocycles. The van der Waals surface area contributed by atoms with Crippen LogP contribution in [0.2, 0.25) is 0 Å². The molecule has 1 aromatic carbocycles. The van der Waals surface area contributed by atoms with Crippen LogP contribution in [0.15, 0.2) is 47.2 Å². The standard InChI is InChI=1S/C15H15Br2N/c1-10-3-4-14(16)13(9-10)15(17)11(2)12-5-7-18-8-6-12/h3-9,11,15H,1-2H3. The Bertz CT molecular complexity index is 525. The molecule has 0 aliphatic heterocycles. The van der Waals surface area contributed by atoms with Gasteiger partial charge >= 0.3 is 0 Å². The molecular weight excluding hydrogens is 354 g/mol. The van der Waals surface area contributed by atoms with Gasteiger partial charge in [-0.1, -0.05) is 56.5 Å². The zero-order valence-corrected chi connectivity index (χ0v) is 13.6. The third-order valence-electron chi connectivity index (χ3n) is 3.12. The summed E-state index contributed by atoms with van der Waals surface area (Å²) in [7, 11) is 0. The molecule has 0 fully saturated rings. The lowest BCUT2D eigenvalue weighted by Gasteiger charge is -2.20. The molecule has 0 radical (unpaired) electrons. The van der Waals surface area contributed by atoms with Gasteiger partial charge in [0.2, 0.25) is 0 Å². The van der Waals surface area contributed by atoms with Gasteiger partial charge in [-0.3, -0.25) is 4.98 Å². The minimum absolute atomic E-state index is 0.286. The third-order valence-corrected chi connectivity index (χ3v) is 5.13. The van der Waals surface area contributed by atoms with E-state index < -0.39 is 0 Å². The lowest BCUT2D eigenvalue weighted by atomic mass is 9.94. The Morgan fingerprint density at radius 2 is 1.78 bits per heavy atom. The van der Waals surface area contributed by atoms with Gasteiger partial charge in [-0.2, -0.15) is 0 Å². The molecule has 1 aromatic heterocycles. The molecule has 0 saturated carbocycles. The van der Waals surface area contributed by atoms with Gasteiger partial charge in [0.1, 0.15) is 0 Å². The zero-order chi connectivity index (χ0) is 13.1. The molecule has 2 aromatic rings. The normalized spacial score (nSPS) is 14.2. The smallest absolute Gasteiger partial charge is 0.0472 e. The highest BCUT2D eigenvalue weighted by atomic mass is 79.9. The van der Waals surface area contributed by atoms with Gasteiger partial charge in [-0.05, 0) is 42.2 Å². The van der Waals surface area contributed by atoms with Crippen molar-refractivity contribution >= 4 is 31.9 Å². The fraction of sp³-hybridized carbons (Fsp3) is 0.267.